The third-order valence-electron chi connectivity index (χ3n) is 14.4. The van der Waals surface area contributed by atoms with Crippen LogP contribution >= 0.6 is 0 Å². The van der Waals surface area contributed by atoms with Crippen molar-refractivity contribution in [3.63, 3.8) is 0 Å². The molecule has 1 saturated heterocycles. The van der Waals surface area contributed by atoms with Gasteiger partial charge in [0.2, 0.25) is 21.8 Å². The van der Waals surface area contributed by atoms with Crippen LogP contribution in [0.25, 0.3) is 10.9 Å². The van der Waals surface area contributed by atoms with Gasteiger partial charge in [-0.05, 0) is 109 Å². The van der Waals surface area contributed by atoms with Crippen molar-refractivity contribution in [1.29, 1.82) is 0 Å². The molecule has 5 atom stereocenters. The van der Waals surface area contributed by atoms with Crippen molar-refractivity contribution in [1.82, 2.24) is 25.2 Å². The Balaban J connectivity index is 0.988. The predicted octanol–water partition coefficient (Wildman–Crippen LogP) is 5.35. The number of allylic oxidation sites excluding steroid dienone is 1. The molecule has 3 aliphatic heterocycles. The minimum atomic E-state index is -4.00. The second-order valence-corrected chi connectivity index (χ2v) is 21.0. The molecule has 310 valence electrons. The van der Waals surface area contributed by atoms with Gasteiger partial charge < -0.3 is 25.0 Å². The van der Waals surface area contributed by atoms with Gasteiger partial charge in [0.25, 0.3) is 5.91 Å². The van der Waals surface area contributed by atoms with E-state index in [1.807, 2.05) is 18.2 Å². The quantitative estimate of drug-likeness (QED) is 0.312. The van der Waals surface area contributed by atoms with Crippen molar-refractivity contribution >= 4 is 44.7 Å². The zero-order valence-electron chi connectivity index (χ0n) is 32.9. The zero-order chi connectivity index (χ0) is 40.2. The van der Waals surface area contributed by atoms with Gasteiger partial charge in [-0.3, -0.25) is 19.1 Å². The second kappa shape index (κ2) is 13.4. The number of nitrogens with one attached hydrogen (secondary N) is 3. The average molecular weight is 818 g/mol. The fourth-order valence-electron chi connectivity index (χ4n) is 9.86. The molecule has 8 aliphatic rings. The fraction of sp³-hybridized carbons (Fsp3) is 0.651. The molecule has 1 unspecified atom stereocenters. The molecule has 1 aromatic carbocycles. The van der Waals surface area contributed by atoms with Crippen molar-refractivity contribution in [2.75, 3.05) is 6.54 Å². The van der Waals surface area contributed by atoms with Gasteiger partial charge in [-0.25, -0.2) is 22.6 Å². The Morgan fingerprint density at radius 1 is 1.02 bits per heavy atom. The highest BCUT2D eigenvalue weighted by Crippen LogP contribution is 2.56. The maximum atomic E-state index is 15.1. The molecule has 0 radical (unpaired) electrons. The summed E-state index contributed by atoms with van der Waals surface area (Å²) in [7, 11) is -4.00. The van der Waals surface area contributed by atoms with Gasteiger partial charge >= 0.3 is 6.09 Å². The van der Waals surface area contributed by atoms with Crippen LogP contribution in [0.4, 0.5) is 9.18 Å². The number of aryl methyl sites for hydroxylation is 1. The Kier molecular flexibility index (Phi) is 8.75. The Labute approximate surface area is 337 Å². The van der Waals surface area contributed by atoms with E-state index in [0.717, 1.165) is 56.9 Å². The van der Waals surface area contributed by atoms with Crippen molar-refractivity contribution in [3.8, 4) is 5.75 Å². The molecule has 3 N–H and O–H groups in total. The van der Waals surface area contributed by atoms with Crippen LogP contribution in [0.2, 0.25) is 0 Å². The standard InChI is InChI=1S/C43H52FN5O8S/c1-40(18-19-40)58(54,55)48-38(52)43-22-27(43)8-5-3-2-4-6-11-31(45-39(53)57-42(20-21-42)26-14-15-26)37(51)49-24-41(23-32(49)36(50)47-43)17-16-29-28-9-7-10-30(44)34(28)46-33(25-12-13-25)35(29)56-41/h5,7-10,25-27,31-32H,2-4,6,11-24H2,1H3,(H,45,53)(H,47,50)(H,48,52)/b8-5-/t27?,31-,32+,41-,43-/m1/s1. The van der Waals surface area contributed by atoms with Crippen molar-refractivity contribution in [2.24, 2.45) is 11.8 Å². The highest BCUT2D eigenvalue weighted by atomic mass is 32.2. The Hall–Kier alpha value is -4.27. The number of benzene rings is 1. The maximum absolute atomic E-state index is 15.1. The Morgan fingerprint density at radius 3 is 2.53 bits per heavy atom. The number of carbonyl (C=O) groups is 4. The van der Waals surface area contributed by atoms with E-state index in [1.54, 1.807) is 13.0 Å². The molecule has 0 bridgehead atoms. The number of para-hydroxylation sites is 1. The normalized spacial score (nSPS) is 32.9. The molecule has 58 heavy (non-hydrogen) atoms. The van der Waals surface area contributed by atoms with E-state index in [1.165, 1.54) is 11.0 Å². The number of ether oxygens (including phenoxy) is 2. The highest BCUT2D eigenvalue weighted by molar-refractivity contribution is 7.91. The predicted molar refractivity (Wildman–Crippen MR) is 209 cm³/mol. The molecule has 5 aliphatic carbocycles. The molecule has 6 fully saturated rings. The van der Waals surface area contributed by atoms with Crippen LogP contribution in [0.1, 0.15) is 127 Å². The fourth-order valence-corrected chi connectivity index (χ4v) is 11.2. The number of hydrogen-bond donors (Lipinski definition) is 3. The summed E-state index contributed by atoms with van der Waals surface area (Å²) in [5.41, 5.74) is -1.15. The van der Waals surface area contributed by atoms with Crippen LogP contribution in [0, 0.1) is 17.7 Å². The summed E-state index contributed by atoms with van der Waals surface area (Å²) in [4.78, 5) is 63.6. The van der Waals surface area contributed by atoms with Crippen molar-refractivity contribution < 1.29 is 41.5 Å². The number of nitrogens with zero attached hydrogens (tertiary/aromatic N) is 2. The van der Waals surface area contributed by atoms with Crippen molar-refractivity contribution in [2.45, 2.75) is 156 Å². The lowest BCUT2D eigenvalue weighted by Crippen LogP contribution is -2.58. The van der Waals surface area contributed by atoms with E-state index < -0.39 is 79.1 Å². The summed E-state index contributed by atoms with van der Waals surface area (Å²) < 4.78 is 55.9. The van der Waals surface area contributed by atoms with E-state index in [9.17, 15) is 27.6 Å². The average Bonchev–Trinajstić information content (AvgIpc) is 3.94. The lowest BCUT2D eigenvalue weighted by Gasteiger charge is -2.37. The third kappa shape index (κ3) is 6.63. The van der Waals surface area contributed by atoms with Gasteiger partial charge in [0.05, 0.1) is 17.0 Å². The van der Waals surface area contributed by atoms with Gasteiger partial charge in [-0.2, -0.15) is 0 Å². The van der Waals surface area contributed by atoms with E-state index in [0.29, 0.717) is 73.2 Å². The first kappa shape index (κ1) is 38.0. The highest BCUT2D eigenvalue weighted by Gasteiger charge is 2.64. The molecule has 1 aromatic heterocycles. The lowest BCUT2D eigenvalue weighted by molar-refractivity contribution is -0.141. The number of aromatic nitrogens is 1. The smallest absolute Gasteiger partial charge is 0.408 e. The summed E-state index contributed by atoms with van der Waals surface area (Å²) in [5, 5.41) is 6.55. The summed E-state index contributed by atoms with van der Waals surface area (Å²) in [6.45, 7) is 1.63. The Bertz CT molecular complexity index is 2250. The first-order valence-electron chi connectivity index (χ1n) is 21.4. The number of fused-ring (bicyclic) bond motifs is 5. The minimum Gasteiger partial charge on any atom is -0.483 e. The van der Waals surface area contributed by atoms with Gasteiger partial charge in [-0.15, -0.1) is 0 Å². The van der Waals surface area contributed by atoms with Crippen LogP contribution < -0.4 is 20.1 Å². The number of hydrogen-bond acceptors (Lipinski definition) is 9. The summed E-state index contributed by atoms with van der Waals surface area (Å²) in [6.07, 6.45) is 14.0. The van der Waals surface area contributed by atoms with E-state index in [4.69, 9.17) is 14.5 Å². The molecule has 4 heterocycles. The van der Waals surface area contributed by atoms with Crippen LogP contribution in [0.5, 0.6) is 5.75 Å². The van der Waals surface area contributed by atoms with Gasteiger partial charge in [-0.1, -0.05) is 37.1 Å². The van der Waals surface area contributed by atoms with Crippen LogP contribution in [0.3, 0.4) is 0 Å². The number of carbonyl (C=O) groups excluding carboxylic acids is 4. The minimum absolute atomic E-state index is 0.0309. The number of alkyl carbamates (subject to hydrolysis) is 1. The van der Waals surface area contributed by atoms with E-state index in [-0.39, 0.29) is 25.3 Å². The SMILES string of the molecule is CC1(S(=O)(=O)NC(=O)[C@@]23CC2/C=C\CCCCC[C@@H](NC(=O)OC2(C4CC4)CC2)C(=O)N2C[C@@]4(CCc5c(c(C6CC6)nc6c(F)cccc56)O4)C[C@H]2C(=O)N3)CC1. The number of rotatable bonds is 7. The van der Waals surface area contributed by atoms with Crippen LogP contribution in [-0.2, 0) is 35.6 Å². The number of sulfonamides is 1. The van der Waals surface area contributed by atoms with Crippen LogP contribution in [-0.4, -0.2) is 82.2 Å². The van der Waals surface area contributed by atoms with Crippen LogP contribution in [0.15, 0.2) is 30.4 Å². The van der Waals surface area contributed by atoms with Gasteiger partial charge in [0, 0.05) is 29.2 Å². The Morgan fingerprint density at radius 2 is 1.81 bits per heavy atom. The summed E-state index contributed by atoms with van der Waals surface area (Å²) >= 11 is 0. The molecule has 1 spiro atoms. The molecular weight excluding hydrogens is 766 g/mol. The lowest BCUT2D eigenvalue weighted by atomic mass is 9.86. The first-order valence-corrected chi connectivity index (χ1v) is 22.9. The molecule has 13 nitrogen and oxygen atoms in total. The van der Waals surface area contributed by atoms with Crippen molar-refractivity contribution in [3.05, 3.63) is 47.4 Å². The van der Waals surface area contributed by atoms with Gasteiger partial charge in [0.1, 0.15) is 45.9 Å². The summed E-state index contributed by atoms with van der Waals surface area (Å²) in [6, 6.07) is 2.82. The molecule has 2 aromatic rings. The molecular formula is C43H52FN5O8S. The monoisotopic (exact) mass is 817 g/mol. The number of pyridine rings is 1. The zero-order valence-corrected chi connectivity index (χ0v) is 33.8. The molecule has 10 rings (SSSR count). The maximum Gasteiger partial charge on any atom is 0.408 e. The number of amides is 4. The number of halogens is 1. The largest absolute Gasteiger partial charge is 0.483 e. The second-order valence-electron chi connectivity index (χ2n) is 18.8. The van der Waals surface area contributed by atoms with E-state index >= 15 is 4.39 Å². The first-order chi connectivity index (χ1) is 27.7. The topological polar surface area (TPSA) is 173 Å². The van der Waals surface area contributed by atoms with E-state index in [2.05, 4.69) is 15.4 Å². The third-order valence-corrected chi connectivity index (χ3v) is 16.6. The molecule has 4 amide bonds. The molecule has 5 saturated carbocycles. The van der Waals surface area contributed by atoms with Gasteiger partial charge in [0.15, 0.2) is 0 Å². The summed E-state index contributed by atoms with van der Waals surface area (Å²) in [5.74, 6) is -1.61. The molecule has 15 heteroatoms.